The molecule has 238 valence electrons. The molecule has 1 heterocycles. The van der Waals surface area contributed by atoms with E-state index in [1.807, 2.05) is 6.92 Å². The number of halogens is 6. The van der Waals surface area contributed by atoms with Gasteiger partial charge in [0.05, 0.1) is 50.3 Å². The highest BCUT2D eigenvalue weighted by Crippen LogP contribution is 2.47. The van der Waals surface area contributed by atoms with E-state index in [4.69, 9.17) is 18.9 Å². The number of benzene rings is 2. The summed E-state index contributed by atoms with van der Waals surface area (Å²) in [5, 5.41) is 0. The molecule has 0 aliphatic carbocycles. The van der Waals surface area contributed by atoms with Crippen LogP contribution in [0.1, 0.15) is 68.3 Å². The van der Waals surface area contributed by atoms with Gasteiger partial charge < -0.3 is 18.9 Å². The fraction of sp³-hybridized carbons (Fsp3) is 0.517. The number of ether oxygens (including phenoxy) is 4. The van der Waals surface area contributed by atoms with Crippen LogP contribution in [0.15, 0.2) is 30.3 Å². The quantitative estimate of drug-likeness (QED) is 0.265. The van der Waals surface area contributed by atoms with Gasteiger partial charge in [-0.25, -0.2) is 9.59 Å². The van der Waals surface area contributed by atoms with E-state index in [1.165, 1.54) is 31.3 Å². The minimum atomic E-state index is -5.07. The molecule has 0 bridgehead atoms. The lowest BCUT2D eigenvalue weighted by Gasteiger charge is -2.43. The Kier molecular flexibility index (Phi) is 10.7. The number of hydrogen-bond acceptors (Lipinski definition) is 6. The summed E-state index contributed by atoms with van der Waals surface area (Å²) in [6, 6.07) is 2.63. The Morgan fingerprint density at radius 2 is 1.40 bits per heavy atom. The first-order valence-electron chi connectivity index (χ1n) is 13.6. The van der Waals surface area contributed by atoms with Gasteiger partial charge in [-0.15, -0.1) is 0 Å². The minimum Gasteiger partial charge on any atom is -0.493 e. The third-order valence-corrected chi connectivity index (χ3v) is 6.82. The third-order valence-electron chi connectivity index (χ3n) is 6.82. The number of fused-ring (bicyclic) bond motifs is 1. The SMILES string of the molecule is CCCOC(=O)N(Cc1cc(C(F)(F)F)cc(C(F)(F)F)c1)[C@H]1C[C@@H](C)N(C(=O)OCCC)c2cc(OC)c(OC)cc21. The van der Waals surface area contributed by atoms with Crippen LogP contribution in [0.2, 0.25) is 0 Å². The van der Waals surface area contributed by atoms with Gasteiger partial charge in [0.2, 0.25) is 0 Å². The number of methoxy groups -OCH3 is 2. The van der Waals surface area contributed by atoms with Crippen LogP contribution in [-0.2, 0) is 28.4 Å². The van der Waals surface area contributed by atoms with Crippen LogP contribution in [-0.4, -0.2) is 50.6 Å². The van der Waals surface area contributed by atoms with Crippen molar-refractivity contribution < 1.29 is 54.9 Å². The molecule has 2 atom stereocenters. The summed E-state index contributed by atoms with van der Waals surface area (Å²) < 4.78 is 103. The summed E-state index contributed by atoms with van der Waals surface area (Å²) in [4.78, 5) is 29.0. The Morgan fingerprint density at radius 3 is 1.91 bits per heavy atom. The largest absolute Gasteiger partial charge is 0.493 e. The summed E-state index contributed by atoms with van der Waals surface area (Å²) in [6.45, 7) is 4.68. The lowest BCUT2D eigenvalue weighted by molar-refractivity contribution is -0.143. The van der Waals surface area contributed by atoms with Gasteiger partial charge in [0, 0.05) is 24.2 Å². The molecule has 0 spiro atoms. The number of carbonyl (C=O) groups is 2. The molecule has 2 aromatic rings. The standard InChI is InChI=1S/C29H34F6N2O6/c1-6-8-42-26(38)36(16-18-11-19(28(30,31)32)13-20(12-18)29(33,34)35)22-10-17(3)37(27(39)43-9-7-2)23-15-25(41-5)24(40-4)14-21(22)23/h11-15,17,22H,6-10,16H2,1-5H3/t17-,22+/m1/s1. The first-order chi connectivity index (χ1) is 20.2. The second-order valence-corrected chi connectivity index (χ2v) is 10.0. The topological polar surface area (TPSA) is 77.5 Å². The van der Waals surface area contributed by atoms with Gasteiger partial charge in [0.15, 0.2) is 11.5 Å². The van der Waals surface area contributed by atoms with Crippen molar-refractivity contribution in [2.75, 3.05) is 32.3 Å². The number of nitrogens with zero attached hydrogens (tertiary/aromatic N) is 2. The predicted octanol–water partition coefficient (Wildman–Crippen LogP) is 7.98. The minimum absolute atomic E-state index is 0.0260. The van der Waals surface area contributed by atoms with Crippen LogP contribution >= 0.6 is 0 Å². The molecular weight excluding hydrogens is 586 g/mol. The summed E-state index contributed by atoms with van der Waals surface area (Å²) >= 11 is 0. The number of alkyl halides is 6. The fourth-order valence-corrected chi connectivity index (χ4v) is 4.87. The van der Waals surface area contributed by atoms with Crippen molar-refractivity contribution in [2.45, 2.75) is 71.0 Å². The Hall–Kier alpha value is -3.84. The van der Waals surface area contributed by atoms with E-state index < -0.39 is 59.9 Å². The van der Waals surface area contributed by atoms with E-state index in [1.54, 1.807) is 13.8 Å². The lowest BCUT2D eigenvalue weighted by Crippen LogP contribution is -2.48. The molecular formula is C29H34F6N2O6. The molecule has 0 N–H and O–H groups in total. The Morgan fingerprint density at radius 1 is 0.860 bits per heavy atom. The maximum absolute atomic E-state index is 13.6. The van der Waals surface area contributed by atoms with E-state index in [9.17, 15) is 35.9 Å². The average molecular weight is 621 g/mol. The highest BCUT2D eigenvalue weighted by atomic mass is 19.4. The van der Waals surface area contributed by atoms with E-state index >= 15 is 0 Å². The zero-order chi connectivity index (χ0) is 32.1. The fourth-order valence-electron chi connectivity index (χ4n) is 4.87. The molecule has 1 aliphatic heterocycles. The van der Waals surface area contributed by atoms with Crippen LogP contribution < -0.4 is 14.4 Å². The molecule has 0 saturated heterocycles. The first kappa shape index (κ1) is 33.7. The molecule has 1 aliphatic rings. The molecule has 0 unspecified atom stereocenters. The highest BCUT2D eigenvalue weighted by molar-refractivity contribution is 5.91. The van der Waals surface area contributed by atoms with Gasteiger partial charge >= 0.3 is 24.5 Å². The average Bonchev–Trinajstić information content (AvgIpc) is 2.95. The Bertz CT molecular complexity index is 1270. The number of hydrogen-bond donors (Lipinski definition) is 0. The summed E-state index contributed by atoms with van der Waals surface area (Å²) in [7, 11) is 2.75. The molecule has 43 heavy (non-hydrogen) atoms. The number of anilines is 1. The van der Waals surface area contributed by atoms with Crippen molar-refractivity contribution in [3.63, 3.8) is 0 Å². The normalized spacial score (nSPS) is 16.8. The van der Waals surface area contributed by atoms with Crippen molar-refractivity contribution in [1.29, 1.82) is 0 Å². The van der Waals surface area contributed by atoms with E-state index in [2.05, 4.69) is 0 Å². The molecule has 0 aromatic heterocycles. The monoisotopic (exact) mass is 620 g/mol. The maximum atomic E-state index is 13.6. The smallest absolute Gasteiger partial charge is 0.416 e. The van der Waals surface area contributed by atoms with Gasteiger partial charge in [-0.1, -0.05) is 13.8 Å². The summed E-state index contributed by atoms with van der Waals surface area (Å²) in [6.07, 6.45) is -10.7. The molecule has 0 fully saturated rings. The Balaban J connectivity index is 2.21. The Labute approximate surface area is 245 Å². The highest BCUT2D eigenvalue weighted by Gasteiger charge is 2.42. The third kappa shape index (κ3) is 7.77. The molecule has 0 saturated carbocycles. The van der Waals surface area contributed by atoms with E-state index in [0.29, 0.717) is 30.5 Å². The van der Waals surface area contributed by atoms with Crippen molar-refractivity contribution in [3.8, 4) is 11.5 Å². The van der Waals surface area contributed by atoms with Crippen molar-refractivity contribution in [1.82, 2.24) is 4.90 Å². The lowest BCUT2D eigenvalue weighted by atomic mass is 9.90. The first-order valence-corrected chi connectivity index (χ1v) is 13.6. The van der Waals surface area contributed by atoms with Gasteiger partial charge in [0.1, 0.15) is 0 Å². The van der Waals surface area contributed by atoms with Gasteiger partial charge in [0.25, 0.3) is 0 Å². The van der Waals surface area contributed by atoms with Crippen LogP contribution in [0, 0.1) is 0 Å². The summed E-state index contributed by atoms with van der Waals surface area (Å²) in [5.41, 5.74) is -2.81. The zero-order valence-corrected chi connectivity index (χ0v) is 24.4. The van der Waals surface area contributed by atoms with Gasteiger partial charge in [-0.05, 0) is 56.0 Å². The molecule has 2 aromatic carbocycles. The second-order valence-electron chi connectivity index (χ2n) is 10.0. The number of amides is 2. The van der Waals surface area contributed by atoms with Crippen molar-refractivity contribution in [3.05, 3.63) is 52.6 Å². The second kappa shape index (κ2) is 13.6. The maximum Gasteiger partial charge on any atom is 0.416 e. The zero-order valence-electron chi connectivity index (χ0n) is 24.4. The van der Waals surface area contributed by atoms with Crippen LogP contribution in [0.4, 0.5) is 41.6 Å². The van der Waals surface area contributed by atoms with Crippen molar-refractivity contribution >= 4 is 17.9 Å². The van der Waals surface area contributed by atoms with Crippen LogP contribution in [0.5, 0.6) is 11.5 Å². The van der Waals surface area contributed by atoms with Gasteiger partial charge in [-0.3, -0.25) is 9.80 Å². The molecule has 3 rings (SSSR count). The predicted molar refractivity (Wildman–Crippen MR) is 144 cm³/mol. The van der Waals surface area contributed by atoms with Crippen LogP contribution in [0.3, 0.4) is 0 Å². The van der Waals surface area contributed by atoms with Gasteiger partial charge in [-0.2, -0.15) is 26.3 Å². The molecule has 2 amide bonds. The molecule has 8 nitrogen and oxygen atoms in total. The number of rotatable bonds is 9. The van der Waals surface area contributed by atoms with Crippen LogP contribution in [0.25, 0.3) is 0 Å². The number of carbonyl (C=O) groups excluding carboxylic acids is 2. The van der Waals surface area contributed by atoms with E-state index in [-0.39, 0.29) is 42.9 Å². The van der Waals surface area contributed by atoms with E-state index in [0.717, 1.165) is 4.90 Å². The summed E-state index contributed by atoms with van der Waals surface area (Å²) in [5.74, 6) is 0.471. The molecule has 0 radical (unpaired) electrons. The molecule has 14 heteroatoms. The van der Waals surface area contributed by atoms with Crippen molar-refractivity contribution in [2.24, 2.45) is 0 Å².